The van der Waals surface area contributed by atoms with Crippen molar-refractivity contribution in [3.05, 3.63) is 12.2 Å². The average molecular weight is 1200 g/mol. The third-order valence-electron chi connectivity index (χ3n) is 18.8. The number of allylic oxidation sites excluding steroid dienone is 2. The van der Waals surface area contributed by atoms with Crippen molar-refractivity contribution in [3.63, 3.8) is 0 Å². The fourth-order valence-electron chi connectivity index (χ4n) is 12.8. The molecule has 85 heavy (non-hydrogen) atoms. The van der Waals surface area contributed by atoms with Gasteiger partial charge in [0, 0.05) is 12.8 Å². The summed E-state index contributed by atoms with van der Waals surface area (Å²) in [6, 6.07) is -0.538. The first-order valence-electron chi connectivity index (χ1n) is 39.4. The molecule has 6 heteroatoms. The number of carbonyl (C=O) groups excluding carboxylic acids is 2. The van der Waals surface area contributed by atoms with Crippen LogP contribution in [0.3, 0.4) is 0 Å². The second kappa shape index (κ2) is 75.1. The molecule has 0 aromatic rings. The van der Waals surface area contributed by atoms with Gasteiger partial charge >= 0.3 is 5.97 Å². The summed E-state index contributed by atoms with van der Waals surface area (Å²) in [6.45, 7) is 5.00. The van der Waals surface area contributed by atoms with Gasteiger partial charge in [-0.3, -0.25) is 9.59 Å². The zero-order chi connectivity index (χ0) is 61.3. The summed E-state index contributed by atoms with van der Waals surface area (Å²) in [5, 5.41) is 23.4. The zero-order valence-electron chi connectivity index (χ0n) is 58.1. The second-order valence-corrected chi connectivity index (χ2v) is 27.4. The molecular weight excluding hydrogens is 1040 g/mol. The maximum Gasteiger partial charge on any atom is 0.305 e. The number of hydrogen-bond acceptors (Lipinski definition) is 5. The first-order valence-corrected chi connectivity index (χ1v) is 39.4. The third kappa shape index (κ3) is 71.6. The number of esters is 1. The van der Waals surface area contributed by atoms with Gasteiger partial charge in [0.2, 0.25) is 5.91 Å². The van der Waals surface area contributed by atoms with Gasteiger partial charge in [-0.1, -0.05) is 405 Å². The molecule has 0 aromatic heterocycles. The largest absolute Gasteiger partial charge is 0.466 e. The van der Waals surface area contributed by atoms with Gasteiger partial charge in [-0.25, -0.2) is 0 Å². The number of rotatable bonds is 75. The molecule has 0 radical (unpaired) electrons. The van der Waals surface area contributed by atoms with Crippen LogP contribution in [0.25, 0.3) is 0 Å². The van der Waals surface area contributed by atoms with Crippen molar-refractivity contribution in [3.8, 4) is 0 Å². The molecule has 0 aliphatic heterocycles. The summed E-state index contributed by atoms with van der Waals surface area (Å²) < 4.78 is 5.51. The molecule has 0 saturated heterocycles. The Labute approximate surface area is 533 Å². The molecule has 0 rings (SSSR count). The van der Waals surface area contributed by atoms with Gasteiger partial charge in [-0.05, 0) is 51.4 Å². The van der Waals surface area contributed by atoms with E-state index in [1.54, 1.807) is 0 Å². The fourth-order valence-corrected chi connectivity index (χ4v) is 12.8. The van der Waals surface area contributed by atoms with Crippen molar-refractivity contribution in [1.82, 2.24) is 5.32 Å². The van der Waals surface area contributed by atoms with Gasteiger partial charge < -0.3 is 20.3 Å². The molecule has 0 aromatic carbocycles. The van der Waals surface area contributed by atoms with E-state index in [-0.39, 0.29) is 18.5 Å². The van der Waals surface area contributed by atoms with Crippen molar-refractivity contribution in [2.75, 3.05) is 13.2 Å². The molecule has 0 spiro atoms. The van der Waals surface area contributed by atoms with Crippen LogP contribution in [-0.4, -0.2) is 47.4 Å². The normalized spacial score (nSPS) is 12.5. The van der Waals surface area contributed by atoms with Gasteiger partial charge in [0.15, 0.2) is 0 Å². The van der Waals surface area contributed by atoms with Gasteiger partial charge in [-0.15, -0.1) is 0 Å². The van der Waals surface area contributed by atoms with E-state index in [1.165, 1.54) is 379 Å². The topological polar surface area (TPSA) is 95.9 Å². The SMILES string of the molecule is CCCCCCCC/C=C\CCCCCCCCCC(=O)OCCCCCCCCCCCCCCCCCCCCCCCCCCCCCCCCCC(=O)NC(CO)C(O)CCCCCCCCCCCCCCCCCCCCCC. The highest BCUT2D eigenvalue weighted by atomic mass is 16.5. The van der Waals surface area contributed by atoms with E-state index in [0.29, 0.717) is 25.9 Å². The Morgan fingerprint density at radius 2 is 0.553 bits per heavy atom. The second-order valence-electron chi connectivity index (χ2n) is 27.4. The lowest BCUT2D eigenvalue weighted by Crippen LogP contribution is -2.45. The molecule has 0 heterocycles. The first-order chi connectivity index (χ1) is 42.0. The summed E-state index contributed by atoms with van der Waals surface area (Å²) in [5.41, 5.74) is 0. The van der Waals surface area contributed by atoms with Crippen molar-refractivity contribution in [2.45, 2.75) is 469 Å². The van der Waals surface area contributed by atoms with Crippen LogP contribution in [-0.2, 0) is 14.3 Å². The maximum absolute atomic E-state index is 12.6. The summed E-state index contributed by atoms with van der Waals surface area (Å²) in [7, 11) is 0. The number of aliphatic hydroxyl groups excluding tert-OH is 2. The Kier molecular flexibility index (Phi) is 73.8. The monoisotopic (exact) mass is 1200 g/mol. The Morgan fingerprint density at radius 3 is 0.835 bits per heavy atom. The third-order valence-corrected chi connectivity index (χ3v) is 18.8. The number of aliphatic hydroxyl groups is 2. The van der Waals surface area contributed by atoms with Crippen LogP contribution < -0.4 is 5.32 Å². The number of amides is 1. The lowest BCUT2D eigenvalue weighted by Gasteiger charge is -2.22. The van der Waals surface area contributed by atoms with Crippen molar-refractivity contribution in [1.29, 1.82) is 0 Å². The molecule has 0 bridgehead atoms. The van der Waals surface area contributed by atoms with Crippen LogP contribution in [0.2, 0.25) is 0 Å². The average Bonchev–Trinajstić information content (AvgIpc) is 3.51. The Bertz CT molecular complexity index is 1290. The van der Waals surface area contributed by atoms with Crippen molar-refractivity contribution in [2.24, 2.45) is 0 Å². The molecule has 1 amide bonds. The number of hydrogen-bond donors (Lipinski definition) is 3. The Balaban J connectivity index is 3.32. The van der Waals surface area contributed by atoms with Crippen LogP contribution >= 0.6 is 0 Å². The molecule has 0 fully saturated rings. The standard InChI is InChI=1S/C79H155NO5/c1-3-5-7-9-11-13-15-17-19-21-22-36-40-43-47-51-55-59-63-67-71-77(82)76(75-81)80-78(83)72-68-64-60-56-52-48-44-41-37-34-32-30-28-26-24-23-25-27-29-31-33-35-38-42-46-50-54-58-62-66-70-74-85-79(84)73-69-65-61-57-53-49-45-39-20-18-16-14-12-10-8-6-4-2/h18,20,76-77,81-82H,3-17,19,21-75H2,1-2H3,(H,80,83)/b20-18-. The van der Waals surface area contributed by atoms with Crippen LogP contribution in [0.4, 0.5) is 0 Å². The van der Waals surface area contributed by atoms with E-state index < -0.39 is 12.1 Å². The van der Waals surface area contributed by atoms with Crippen molar-refractivity contribution < 1.29 is 24.5 Å². The quantitative estimate of drug-likeness (QED) is 0.0320. The minimum Gasteiger partial charge on any atom is -0.466 e. The molecule has 2 unspecified atom stereocenters. The molecule has 2 atom stereocenters. The number of nitrogens with one attached hydrogen (secondary N) is 1. The molecular formula is C79H155NO5. The van der Waals surface area contributed by atoms with Crippen LogP contribution in [0, 0.1) is 0 Å². The molecule has 3 N–H and O–H groups in total. The number of unbranched alkanes of at least 4 members (excludes halogenated alkanes) is 62. The van der Waals surface area contributed by atoms with E-state index in [2.05, 4.69) is 31.3 Å². The van der Waals surface area contributed by atoms with Crippen LogP contribution in [0.5, 0.6) is 0 Å². The Morgan fingerprint density at radius 1 is 0.318 bits per heavy atom. The van der Waals surface area contributed by atoms with Crippen LogP contribution in [0.15, 0.2) is 12.2 Å². The maximum atomic E-state index is 12.6. The van der Waals surface area contributed by atoms with Gasteiger partial charge in [0.05, 0.1) is 25.4 Å². The number of carbonyl (C=O) groups is 2. The summed E-state index contributed by atoms with van der Waals surface area (Å²) in [4.78, 5) is 24.7. The lowest BCUT2D eigenvalue weighted by molar-refractivity contribution is -0.143. The van der Waals surface area contributed by atoms with E-state index in [4.69, 9.17) is 4.74 Å². The first kappa shape index (κ1) is 83.6. The smallest absolute Gasteiger partial charge is 0.305 e. The van der Waals surface area contributed by atoms with Crippen LogP contribution in [0.1, 0.15) is 457 Å². The van der Waals surface area contributed by atoms with Gasteiger partial charge in [-0.2, -0.15) is 0 Å². The van der Waals surface area contributed by atoms with E-state index in [1.807, 2.05) is 0 Å². The predicted molar refractivity (Wildman–Crippen MR) is 375 cm³/mol. The molecule has 6 nitrogen and oxygen atoms in total. The minimum atomic E-state index is -0.662. The fraction of sp³-hybridized carbons (Fsp3) is 0.949. The minimum absolute atomic E-state index is 0.0186. The van der Waals surface area contributed by atoms with Gasteiger partial charge in [0.1, 0.15) is 0 Å². The summed E-state index contributed by atoms with van der Waals surface area (Å²) in [6.07, 6.45) is 94.4. The summed E-state index contributed by atoms with van der Waals surface area (Å²) in [5.74, 6) is -0.00667. The lowest BCUT2D eigenvalue weighted by atomic mass is 10.0. The van der Waals surface area contributed by atoms with Crippen molar-refractivity contribution >= 4 is 11.9 Å². The van der Waals surface area contributed by atoms with E-state index in [9.17, 15) is 19.8 Å². The van der Waals surface area contributed by atoms with E-state index >= 15 is 0 Å². The number of ether oxygens (including phenoxy) is 1. The highest BCUT2D eigenvalue weighted by molar-refractivity contribution is 5.76. The van der Waals surface area contributed by atoms with E-state index in [0.717, 1.165) is 44.9 Å². The predicted octanol–water partition coefficient (Wildman–Crippen LogP) is 25.9. The molecule has 0 saturated carbocycles. The highest BCUT2D eigenvalue weighted by Gasteiger charge is 2.20. The van der Waals surface area contributed by atoms with Gasteiger partial charge in [0.25, 0.3) is 0 Å². The molecule has 0 aliphatic carbocycles. The molecule has 506 valence electrons. The highest BCUT2D eigenvalue weighted by Crippen LogP contribution is 2.20. The molecule has 0 aliphatic rings. The summed E-state index contributed by atoms with van der Waals surface area (Å²) >= 11 is 0. The Hall–Kier alpha value is -1.40. The zero-order valence-corrected chi connectivity index (χ0v) is 58.1.